The van der Waals surface area contributed by atoms with E-state index < -0.39 is 5.91 Å². The Bertz CT molecular complexity index is 1030. The lowest BCUT2D eigenvalue weighted by molar-refractivity contribution is -0.112. The van der Waals surface area contributed by atoms with Crippen LogP contribution in [0.4, 0.5) is 4.39 Å². The van der Waals surface area contributed by atoms with Crippen molar-refractivity contribution in [2.45, 2.75) is 46.5 Å². The number of carbonyl (C=O) groups is 1. The lowest BCUT2D eigenvalue weighted by atomic mass is 9.90. The number of hydrogen-bond acceptors (Lipinski definition) is 2. The molecule has 0 bridgehead atoms. The molecule has 0 aliphatic heterocycles. The van der Waals surface area contributed by atoms with Crippen molar-refractivity contribution in [3.05, 3.63) is 100.0 Å². The first-order chi connectivity index (χ1) is 14.9. The number of amides is 1. The zero-order valence-corrected chi connectivity index (χ0v) is 18.5. The van der Waals surface area contributed by atoms with Gasteiger partial charge in [-0.25, -0.2) is 4.39 Å². The maximum atomic E-state index is 14.6. The van der Waals surface area contributed by atoms with E-state index in [1.807, 2.05) is 39.0 Å². The summed E-state index contributed by atoms with van der Waals surface area (Å²) in [6.07, 6.45) is 19.9. The topological polar surface area (TPSA) is 66.9 Å². The highest BCUT2D eigenvalue weighted by molar-refractivity contribution is 6.20. The number of rotatable bonds is 9. The van der Waals surface area contributed by atoms with Crippen LogP contribution in [0.1, 0.15) is 51.2 Å². The van der Waals surface area contributed by atoms with Crippen molar-refractivity contribution in [2.75, 3.05) is 0 Å². The number of allylic oxidation sites excluding steroid dienone is 11. The smallest absolute Gasteiger partial charge is 0.249 e. The summed E-state index contributed by atoms with van der Waals surface area (Å²) in [6, 6.07) is 3.21. The van der Waals surface area contributed by atoms with Gasteiger partial charge in [-0.1, -0.05) is 61.6 Å². The Morgan fingerprint density at radius 3 is 2.77 bits per heavy atom. The Morgan fingerprint density at radius 2 is 2.10 bits per heavy atom. The largest absolute Gasteiger partial charge is 0.366 e. The molecule has 0 unspecified atom stereocenters. The van der Waals surface area contributed by atoms with Crippen LogP contribution in [0.2, 0.25) is 0 Å². The van der Waals surface area contributed by atoms with Gasteiger partial charge < -0.3 is 11.1 Å². The fraction of sp³-hybridized carbons (Fsp3) is 0.259. The lowest BCUT2D eigenvalue weighted by Crippen LogP contribution is -2.16. The molecule has 0 saturated heterocycles. The minimum Gasteiger partial charge on any atom is -0.366 e. The SMILES string of the molecule is CCc1cc(C)c(/C(C(N)=O)=C(/C=C/C=C(/C)C=N)CCC2=CC=CCC=C2)cc1F.[HH]. The quantitative estimate of drug-likeness (QED) is 0.265. The van der Waals surface area contributed by atoms with Crippen LogP contribution in [0.15, 0.2) is 77.5 Å². The van der Waals surface area contributed by atoms with Gasteiger partial charge >= 0.3 is 0 Å². The first kappa shape index (κ1) is 24.0. The second-order valence-electron chi connectivity index (χ2n) is 7.60. The van der Waals surface area contributed by atoms with E-state index in [0.29, 0.717) is 29.5 Å². The molecular formula is C27H33FN2O. The predicted molar refractivity (Wildman–Crippen MR) is 131 cm³/mol. The molecule has 1 amide bonds. The normalized spacial score (nSPS) is 15.0. The molecule has 31 heavy (non-hydrogen) atoms. The molecule has 164 valence electrons. The maximum absolute atomic E-state index is 14.6. The molecular weight excluding hydrogens is 387 g/mol. The minimum atomic E-state index is -0.579. The van der Waals surface area contributed by atoms with E-state index in [1.165, 1.54) is 12.3 Å². The van der Waals surface area contributed by atoms with Crippen LogP contribution in [-0.2, 0) is 11.2 Å². The lowest BCUT2D eigenvalue weighted by Gasteiger charge is -2.15. The van der Waals surface area contributed by atoms with Crippen molar-refractivity contribution < 1.29 is 10.6 Å². The first-order valence-electron chi connectivity index (χ1n) is 10.6. The number of aryl methyl sites for hydroxylation is 2. The third kappa shape index (κ3) is 6.88. The molecule has 0 aromatic heterocycles. The van der Waals surface area contributed by atoms with E-state index in [4.69, 9.17) is 11.1 Å². The van der Waals surface area contributed by atoms with E-state index in [2.05, 4.69) is 24.3 Å². The third-order valence-electron chi connectivity index (χ3n) is 5.23. The molecule has 1 aliphatic rings. The molecule has 1 aromatic rings. The van der Waals surface area contributed by atoms with Gasteiger partial charge in [0, 0.05) is 13.2 Å². The van der Waals surface area contributed by atoms with Gasteiger partial charge in [-0.15, -0.1) is 0 Å². The highest BCUT2D eigenvalue weighted by atomic mass is 19.1. The number of nitrogens with one attached hydrogen (secondary N) is 1. The molecule has 3 N–H and O–H groups in total. The van der Waals surface area contributed by atoms with Gasteiger partial charge in [-0.2, -0.15) is 0 Å². The molecule has 0 radical (unpaired) electrons. The summed E-state index contributed by atoms with van der Waals surface area (Å²) < 4.78 is 14.6. The molecule has 1 aromatic carbocycles. The van der Waals surface area contributed by atoms with Gasteiger partial charge in [0.2, 0.25) is 5.91 Å². The monoisotopic (exact) mass is 420 g/mol. The number of benzene rings is 1. The molecule has 2 rings (SSSR count). The van der Waals surface area contributed by atoms with Crippen molar-refractivity contribution in [1.29, 1.82) is 5.41 Å². The van der Waals surface area contributed by atoms with Crippen molar-refractivity contribution in [2.24, 2.45) is 5.73 Å². The van der Waals surface area contributed by atoms with Gasteiger partial charge in [0.1, 0.15) is 5.82 Å². The Balaban J connectivity index is 0.00000512. The average Bonchev–Trinajstić information content (AvgIpc) is 3.02. The van der Waals surface area contributed by atoms with Gasteiger partial charge in [0.25, 0.3) is 0 Å². The Morgan fingerprint density at radius 1 is 1.32 bits per heavy atom. The standard InChI is InChI=1S/C27H31FN2O.H2/c1-4-22-16-20(3)24(17-25(22)28)26(27(30)31)23(13-9-10-19(2)18-29)15-14-21-11-7-5-6-8-12-21;/h5,7-13,16-18,29H,4,6,14-15H2,1-3H3,(H2,30,31);1H/b13-9+,19-10-,26-23+,29-18?;. The molecule has 4 heteroatoms. The summed E-state index contributed by atoms with van der Waals surface area (Å²) in [5.74, 6) is -0.909. The highest BCUT2D eigenvalue weighted by Gasteiger charge is 2.18. The van der Waals surface area contributed by atoms with Crippen LogP contribution < -0.4 is 5.73 Å². The van der Waals surface area contributed by atoms with Crippen LogP contribution in [-0.4, -0.2) is 12.1 Å². The first-order valence-corrected chi connectivity index (χ1v) is 10.6. The zero-order valence-electron chi connectivity index (χ0n) is 18.5. The molecule has 1 aliphatic carbocycles. The van der Waals surface area contributed by atoms with E-state index in [-0.39, 0.29) is 7.24 Å². The van der Waals surface area contributed by atoms with E-state index in [1.54, 1.807) is 12.1 Å². The number of nitrogens with two attached hydrogens (primary N) is 1. The Hall–Kier alpha value is -3.27. The predicted octanol–water partition coefficient (Wildman–Crippen LogP) is 6.56. The number of carbonyl (C=O) groups excluding carboxylic acids is 1. The third-order valence-corrected chi connectivity index (χ3v) is 5.23. The second-order valence-corrected chi connectivity index (χ2v) is 7.60. The molecule has 0 saturated carbocycles. The van der Waals surface area contributed by atoms with Crippen molar-refractivity contribution in [3.63, 3.8) is 0 Å². The number of hydrogen-bond donors (Lipinski definition) is 2. The number of primary amides is 1. The van der Waals surface area contributed by atoms with E-state index in [9.17, 15) is 9.18 Å². The highest BCUT2D eigenvalue weighted by Crippen LogP contribution is 2.29. The molecule has 0 spiro atoms. The molecule has 0 fully saturated rings. The summed E-state index contributed by atoms with van der Waals surface area (Å²) >= 11 is 0. The van der Waals surface area contributed by atoms with Crippen molar-refractivity contribution >= 4 is 17.7 Å². The second kappa shape index (κ2) is 11.8. The number of halogens is 1. The average molecular weight is 421 g/mol. The van der Waals surface area contributed by atoms with E-state index >= 15 is 0 Å². The Labute approximate surface area is 186 Å². The molecule has 0 atom stereocenters. The van der Waals surface area contributed by atoms with Crippen molar-refractivity contribution in [3.8, 4) is 0 Å². The summed E-state index contributed by atoms with van der Waals surface area (Å²) in [4.78, 5) is 12.5. The maximum Gasteiger partial charge on any atom is 0.249 e. The summed E-state index contributed by atoms with van der Waals surface area (Å²) in [7, 11) is 0. The van der Waals surface area contributed by atoms with Crippen LogP contribution in [0.5, 0.6) is 0 Å². The summed E-state index contributed by atoms with van der Waals surface area (Å²) in [6.45, 7) is 5.60. The summed E-state index contributed by atoms with van der Waals surface area (Å²) in [5.41, 5.74) is 10.8. The van der Waals surface area contributed by atoms with Gasteiger partial charge in [0.05, 0.1) is 0 Å². The van der Waals surface area contributed by atoms with Gasteiger partial charge in [0.15, 0.2) is 0 Å². The summed E-state index contributed by atoms with van der Waals surface area (Å²) in [5, 5.41) is 7.33. The molecule has 3 nitrogen and oxygen atoms in total. The fourth-order valence-electron chi connectivity index (χ4n) is 3.47. The van der Waals surface area contributed by atoms with Crippen LogP contribution in [0, 0.1) is 18.2 Å². The minimum absolute atomic E-state index is 0. The van der Waals surface area contributed by atoms with Gasteiger partial charge in [-0.3, -0.25) is 4.79 Å². The van der Waals surface area contributed by atoms with Gasteiger partial charge in [-0.05, 0) is 79.0 Å². The fourth-order valence-corrected chi connectivity index (χ4v) is 3.47. The van der Waals surface area contributed by atoms with Crippen LogP contribution in [0.25, 0.3) is 5.57 Å². The molecule has 0 heterocycles. The van der Waals surface area contributed by atoms with E-state index in [0.717, 1.165) is 35.1 Å². The van der Waals surface area contributed by atoms with Crippen LogP contribution >= 0.6 is 0 Å². The van der Waals surface area contributed by atoms with Crippen LogP contribution in [0.3, 0.4) is 0 Å². The van der Waals surface area contributed by atoms with Crippen molar-refractivity contribution in [1.82, 2.24) is 0 Å². The Kier molecular flexibility index (Phi) is 9.13. The zero-order chi connectivity index (χ0) is 22.8.